The molecular formula is C26H25F4NO3S. The largest absolute Gasteiger partial charge is 0.483 e. The lowest BCUT2D eigenvalue weighted by Crippen LogP contribution is -2.28. The maximum Gasteiger partial charge on any atom is 0.416 e. The fourth-order valence-electron chi connectivity index (χ4n) is 4.30. The lowest BCUT2D eigenvalue weighted by atomic mass is 9.77. The van der Waals surface area contributed by atoms with Gasteiger partial charge in [-0.15, -0.1) is 11.3 Å². The van der Waals surface area contributed by atoms with Crippen molar-refractivity contribution in [2.45, 2.75) is 44.7 Å². The minimum Gasteiger partial charge on any atom is -0.483 e. The SMILES string of the molecule is Cc1cc(-c2ccc(C3CCCC(C(=O)Nc4ccc(C(F)(F)F)cc4F)C3)cc2)cs1.O=CO. The first kappa shape index (κ1) is 26.4. The van der Waals surface area contributed by atoms with Gasteiger partial charge in [-0.3, -0.25) is 9.59 Å². The summed E-state index contributed by atoms with van der Waals surface area (Å²) in [5.41, 5.74) is 2.21. The van der Waals surface area contributed by atoms with E-state index in [0.29, 0.717) is 18.9 Å². The monoisotopic (exact) mass is 507 g/mol. The highest BCUT2D eigenvalue weighted by Gasteiger charge is 2.32. The number of benzene rings is 2. The predicted molar refractivity (Wildman–Crippen MR) is 128 cm³/mol. The van der Waals surface area contributed by atoms with Gasteiger partial charge >= 0.3 is 6.18 Å². The van der Waals surface area contributed by atoms with Crippen LogP contribution in [0.15, 0.2) is 53.9 Å². The van der Waals surface area contributed by atoms with Gasteiger partial charge in [-0.2, -0.15) is 13.2 Å². The van der Waals surface area contributed by atoms with Gasteiger partial charge in [-0.25, -0.2) is 4.39 Å². The van der Waals surface area contributed by atoms with Gasteiger partial charge < -0.3 is 10.4 Å². The quantitative estimate of drug-likeness (QED) is 0.284. The van der Waals surface area contributed by atoms with E-state index in [9.17, 15) is 22.4 Å². The first-order valence-corrected chi connectivity index (χ1v) is 11.9. The Morgan fingerprint density at radius 2 is 1.77 bits per heavy atom. The van der Waals surface area contributed by atoms with Crippen molar-refractivity contribution in [3.05, 3.63) is 75.7 Å². The van der Waals surface area contributed by atoms with E-state index in [2.05, 4.69) is 48.0 Å². The highest BCUT2D eigenvalue weighted by atomic mass is 32.1. The molecule has 0 radical (unpaired) electrons. The molecule has 1 aliphatic rings. The molecule has 4 nitrogen and oxygen atoms in total. The number of carbonyl (C=O) groups excluding carboxylic acids is 1. The van der Waals surface area contributed by atoms with Crippen molar-refractivity contribution in [3.63, 3.8) is 0 Å². The Morgan fingerprint density at radius 1 is 1.09 bits per heavy atom. The molecule has 2 N–H and O–H groups in total. The van der Waals surface area contributed by atoms with E-state index in [1.165, 1.54) is 16.0 Å². The average molecular weight is 508 g/mol. The fraction of sp³-hybridized carbons (Fsp3) is 0.308. The molecule has 9 heteroatoms. The smallest absolute Gasteiger partial charge is 0.416 e. The van der Waals surface area contributed by atoms with E-state index in [1.807, 2.05) is 0 Å². The van der Waals surface area contributed by atoms with Crippen LogP contribution in [0.25, 0.3) is 11.1 Å². The number of amides is 1. The summed E-state index contributed by atoms with van der Waals surface area (Å²) >= 11 is 1.71. The Hall–Kier alpha value is -3.20. The number of nitrogens with one attached hydrogen (secondary N) is 1. The molecule has 1 heterocycles. The minimum absolute atomic E-state index is 0.218. The van der Waals surface area contributed by atoms with Crippen molar-refractivity contribution < 1.29 is 32.3 Å². The van der Waals surface area contributed by atoms with E-state index in [0.717, 1.165) is 30.5 Å². The van der Waals surface area contributed by atoms with Crippen molar-refractivity contribution >= 4 is 29.4 Å². The van der Waals surface area contributed by atoms with Crippen molar-refractivity contribution in [2.75, 3.05) is 5.32 Å². The van der Waals surface area contributed by atoms with E-state index >= 15 is 0 Å². The van der Waals surface area contributed by atoms with Crippen LogP contribution in [0.3, 0.4) is 0 Å². The molecule has 0 saturated heterocycles. The average Bonchev–Trinajstić information content (AvgIpc) is 3.26. The molecule has 1 fully saturated rings. The van der Waals surface area contributed by atoms with Crippen LogP contribution in [0.2, 0.25) is 0 Å². The van der Waals surface area contributed by atoms with E-state index in [-0.39, 0.29) is 29.9 Å². The lowest BCUT2D eigenvalue weighted by Gasteiger charge is -2.29. The van der Waals surface area contributed by atoms with Crippen LogP contribution >= 0.6 is 11.3 Å². The Kier molecular flexibility index (Phi) is 8.67. The van der Waals surface area contributed by atoms with Gasteiger partial charge in [0.25, 0.3) is 6.47 Å². The second-order valence-corrected chi connectivity index (χ2v) is 9.53. The second-order valence-electron chi connectivity index (χ2n) is 8.42. The summed E-state index contributed by atoms with van der Waals surface area (Å²) in [6.45, 7) is 1.83. The van der Waals surface area contributed by atoms with Crippen LogP contribution in [0.5, 0.6) is 0 Å². The predicted octanol–water partition coefficient (Wildman–Crippen LogP) is 7.49. The fourth-order valence-corrected chi connectivity index (χ4v) is 5.01. The van der Waals surface area contributed by atoms with Crippen LogP contribution in [0.1, 0.15) is 47.6 Å². The molecule has 3 aromatic rings. The summed E-state index contributed by atoms with van der Waals surface area (Å²) in [4.78, 5) is 22.3. The molecule has 186 valence electrons. The number of thiophene rings is 1. The van der Waals surface area contributed by atoms with Crippen molar-refractivity contribution in [2.24, 2.45) is 5.92 Å². The molecule has 1 saturated carbocycles. The lowest BCUT2D eigenvalue weighted by molar-refractivity contribution is -0.137. The number of alkyl halides is 3. The van der Waals surface area contributed by atoms with E-state index < -0.39 is 17.6 Å². The third-order valence-electron chi connectivity index (χ3n) is 6.05. The van der Waals surface area contributed by atoms with Crippen molar-refractivity contribution in [3.8, 4) is 11.1 Å². The Balaban J connectivity index is 0.00000108. The normalized spacial score (nSPS) is 17.7. The number of rotatable bonds is 4. The summed E-state index contributed by atoms with van der Waals surface area (Å²) in [6.07, 6.45) is -1.49. The molecule has 0 aliphatic heterocycles. The zero-order chi connectivity index (χ0) is 25.6. The highest BCUT2D eigenvalue weighted by Crippen LogP contribution is 2.38. The van der Waals surface area contributed by atoms with E-state index in [1.54, 1.807) is 11.3 Å². The molecule has 2 atom stereocenters. The number of aryl methyl sites for hydroxylation is 1. The molecule has 1 aromatic heterocycles. The van der Waals surface area contributed by atoms with Crippen LogP contribution in [-0.4, -0.2) is 17.5 Å². The van der Waals surface area contributed by atoms with Gasteiger partial charge in [0.05, 0.1) is 11.3 Å². The maximum atomic E-state index is 14.1. The zero-order valence-corrected chi connectivity index (χ0v) is 19.8. The maximum absolute atomic E-state index is 14.1. The number of halogens is 4. The third-order valence-corrected chi connectivity index (χ3v) is 6.91. The molecule has 2 aromatic carbocycles. The summed E-state index contributed by atoms with van der Waals surface area (Å²) < 4.78 is 52.3. The molecule has 2 unspecified atom stereocenters. The summed E-state index contributed by atoms with van der Waals surface area (Å²) in [5, 5.41) is 11.5. The van der Waals surface area contributed by atoms with E-state index in [4.69, 9.17) is 9.90 Å². The highest BCUT2D eigenvalue weighted by molar-refractivity contribution is 7.10. The topological polar surface area (TPSA) is 66.4 Å². The molecule has 4 rings (SSSR count). The first-order valence-electron chi connectivity index (χ1n) is 11.0. The number of carboxylic acid groups (broad SMARTS) is 1. The molecule has 1 amide bonds. The zero-order valence-electron chi connectivity index (χ0n) is 18.9. The number of hydrogen-bond donors (Lipinski definition) is 2. The molecule has 0 bridgehead atoms. The Morgan fingerprint density at radius 3 is 2.34 bits per heavy atom. The minimum atomic E-state index is -4.63. The summed E-state index contributed by atoms with van der Waals surface area (Å²) in [5.74, 6) is -1.52. The van der Waals surface area contributed by atoms with Gasteiger partial charge in [0.2, 0.25) is 5.91 Å². The van der Waals surface area contributed by atoms with Crippen molar-refractivity contribution in [1.82, 2.24) is 0 Å². The first-order chi connectivity index (χ1) is 16.6. The van der Waals surface area contributed by atoms with Crippen LogP contribution in [0, 0.1) is 18.7 Å². The van der Waals surface area contributed by atoms with Gasteiger partial charge in [-0.05, 0) is 78.4 Å². The van der Waals surface area contributed by atoms with Gasteiger partial charge in [0, 0.05) is 10.8 Å². The van der Waals surface area contributed by atoms with Crippen LogP contribution in [-0.2, 0) is 15.8 Å². The molecule has 1 aliphatic carbocycles. The summed E-state index contributed by atoms with van der Waals surface area (Å²) in [7, 11) is 0. The third kappa shape index (κ3) is 6.91. The standard InChI is InChI=1S/C25H23F4NOS.CH2O2/c1-15-11-20(14-32-15)17-7-5-16(6-8-17)18-3-2-4-19(12-18)24(31)30-23-10-9-21(13-22(23)26)25(27,28)29;2-1-3/h5-11,13-14,18-19H,2-4,12H2,1H3,(H,30,31);1H,(H,2,3). The van der Waals surface area contributed by atoms with Gasteiger partial charge in [-0.1, -0.05) is 30.7 Å². The Bertz CT molecular complexity index is 1160. The van der Waals surface area contributed by atoms with Gasteiger partial charge in [0.1, 0.15) is 5.82 Å². The van der Waals surface area contributed by atoms with Crippen molar-refractivity contribution in [1.29, 1.82) is 0 Å². The Labute approximate surface area is 204 Å². The van der Waals surface area contributed by atoms with Gasteiger partial charge in [0.15, 0.2) is 0 Å². The molecule has 0 spiro atoms. The molecular weight excluding hydrogens is 482 g/mol. The number of anilines is 1. The van der Waals surface area contributed by atoms with Crippen LogP contribution < -0.4 is 5.32 Å². The second kappa shape index (κ2) is 11.5. The summed E-state index contributed by atoms with van der Waals surface area (Å²) in [6, 6.07) is 12.7. The number of hydrogen-bond acceptors (Lipinski definition) is 3. The number of carbonyl (C=O) groups is 2. The van der Waals surface area contributed by atoms with Crippen LogP contribution in [0.4, 0.5) is 23.2 Å². The molecule has 35 heavy (non-hydrogen) atoms.